The van der Waals surface area contributed by atoms with Crippen LogP contribution in [-0.4, -0.2) is 24.4 Å². The summed E-state index contributed by atoms with van der Waals surface area (Å²) in [6.45, 7) is 3.06. The molecule has 8 heteroatoms. The Morgan fingerprint density at radius 2 is 1.54 bits per heavy atom. The van der Waals surface area contributed by atoms with Gasteiger partial charge in [0.05, 0.1) is 13.2 Å². The third-order valence-electron chi connectivity index (χ3n) is 5.29. The van der Waals surface area contributed by atoms with E-state index in [-0.39, 0.29) is 17.0 Å². The van der Waals surface area contributed by atoms with Gasteiger partial charge in [-0.3, -0.25) is 14.9 Å². The van der Waals surface area contributed by atoms with E-state index in [9.17, 15) is 14.0 Å². The highest BCUT2D eigenvalue weighted by molar-refractivity contribution is 8.15. The van der Waals surface area contributed by atoms with E-state index in [1.54, 1.807) is 36.4 Å². The summed E-state index contributed by atoms with van der Waals surface area (Å²) >= 11 is 0.982. The predicted molar refractivity (Wildman–Crippen MR) is 133 cm³/mol. The van der Waals surface area contributed by atoms with Crippen molar-refractivity contribution >= 4 is 22.9 Å². The summed E-state index contributed by atoms with van der Waals surface area (Å²) in [7, 11) is 0. The lowest BCUT2D eigenvalue weighted by Crippen LogP contribution is -2.20. The Balaban J connectivity index is 1.24. The van der Waals surface area contributed by atoms with Crippen molar-refractivity contribution in [1.29, 1.82) is 0 Å². The molecule has 0 aromatic heterocycles. The van der Waals surface area contributed by atoms with Crippen LogP contribution in [-0.2, 0) is 11.2 Å². The molecule has 1 aliphatic heterocycles. The molecule has 0 aliphatic carbocycles. The normalized spacial score (nSPS) is 15.1. The molecule has 1 N–H and O–H groups in total. The lowest BCUT2D eigenvalue weighted by molar-refractivity contribution is -0.119. The molecular weight excluding hydrogens is 469 g/mol. The van der Waals surface area contributed by atoms with Gasteiger partial charge in [0.1, 0.15) is 34.1 Å². The molecule has 1 fully saturated rings. The maximum atomic E-state index is 13.1. The SMILES string of the molecule is CCCc1cc(OCCCOc2ccc(C3SC(=O)NC3=O)cc2)ccc1Oc1ccc(F)cc1. The average Bonchev–Trinajstić information content (AvgIpc) is 3.20. The van der Waals surface area contributed by atoms with E-state index in [1.807, 2.05) is 18.2 Å². The number of hydrogen-bond acceptors (Lipinski definition) is 6. The monoisotopic (exact) mass is 495 g/mol. The highest BCUT2D eigenvalue weighted by atomic mass is 32.2. The average molecular weight is 496 g/mol. The lowest BCUT2D eigenvalue weighted by atomic mass is 10.1. The first-order valence-corrected chi connectivity index (χ1v) is 12.3. The molecule has 0 radical (unpaired) electrons. The van der Waals surface area contributed by atoms with E-state index in [2.05, 4.69) is 12.2 Å². The van der Waals surface area contributed by atoms with Gasteiger partial charge in [-0.15, -0.1) is 0 Å². The zero-order chi connectivity index (χ0) is 24.6. The molecule has 0 spiro atoms. The van der Waals surface area contributed by atoms with E-state index >= 15 is 0 Å². The van der Waals surface area contributed by atoms with Crippen molar-refractivity contribution < 1.29 is 28.2 Å². The van der Waals surface area contributed by atoms with Crippen LogP contribution in [0.3, 0.4) is 0 Å². The van der Waals surface area contributed by atoms with Gasteiger partial charge < -0.3 is 14.2 Å². The molecule has 1 aliphatic rings. The fraction of sp³-hybridized carbons (Fsp3) is 0.259. The topological polar surface area (TPSA) is 73.9 Å². The van der Waals surface area contributed by atoms with Crippen LogP contribution in [0.4, 0.5) is 9.18 Å². The minimum absolute atomic E-state index is 0.289. The number of nitrogens with one attached hydrogen (secondary N) is 1. The van der Waals surface area contributed by atoms with Crippen LogP contribution in [0.25, 0.3) is 0 Å². The Labute approximate surface area is 207 Å². The van der Waals surface area contributed by atoms with Crippen molar-refractivity contribution in [2.24, 2.45) is 0 Å². The number of hydrogen-bond donors (Lipinski definition) is 1. The van der Waals surface area contributed by atoms with Crippen molar-refractivity contribution in [3.05, 3.63) is 83.7 Å². The van der Waals surface area contributed by atoms with Crippen molar-refractivity contribution in [2.45, 2.75) is 31.4 Å². The molecule has 2 amide bonds. The standard InChI is InChI=1S/C27H26FNO5S/c1-2-4-19-17-23(13-14-24(19)34-22-11-7-20(28)8-12-22)33-16-3-15-32-21-9-5-18(6-10-21)25-26(30)29-27(31)35-25/h5-14,17,25H,2-4,15-16H2,1H3,(H,29,30,31). The zero-order valence-electron chi connectivity index (χ0n) is 19.3. The number of ether oxygens (including phenoxy) is 3. The molecular formula is C27H26FNO5S. The zero-order valence-corrected chi connectivity index (χ0v) is 20.1. The second-order valence-corrected chi connectivity index (χ2v) is 9.05. The third-order valence-corrected chi connectivity index (χ3v) is 6.33. The number of imide groups is 1. The Morgan fingerprint density at radius 1 is 0.886 bits per heavy atom. The molecule has 35 heavy (non-hydrogen) atoms. The number of carbonyl (C=O) groups excluding carboxylic acids is 2. The quantitative estimate of drug-likeness (QED) is 0.309. The molecule has 1 heterocycles. The summed E-state index contributed by atoms with van der Waals surface area (Å²) in [5.41, 5.74) is 1.80. The number of benzene rings is 3. The van der Waals surface area contributed by atoms with Crippen LogP contribution in [0.15, 0.2) is 66.7 Å². The van der Waals surface area contributed by atoms with Crippen molar-refractivity contribution in [3.8, 4) is 23.0 Å². The van der Waals surface area contributed by atoms with E-state index in [0.29, 0.717) is 31.1 Å². The number of rotatable bonds is 11. The third kappa shape index (κ3) is 6.76. The summed E-state index contributed by atoms with van der Waals surface area (Å²) in [5, 5.41) is 1.46. The fourth-order valence-electron chi connectivity index (χ4n) is 3.59. The minimum Gasteiger partial charge on any atom is -0.493 e. The van der Waals surface area contributed by atoms with E-state index in [4.69, 9.17) is 14.2 Å². The Kier molecular flexibility index (Phi) is 8.26. The largest absolute Gasteiger partial charge is 0.493 e. The minimum atomic E-state index is -0.505. The van der Waals surface area contributed by atoms with Crippen LogP contribution < -0.4 is 19.5 Å². The molecule has 1 atom stereocenters. The van der Waals surface area contributed by atoms with E-state index < -0.39 is 5.25 Å². The first-order valence-electron chi connectivity index (χ1n) is 11.4. The van der Waals surface area contributed by atoms with Gasteiger partial charge in [0.15, 0.2) is 0 Å². The van der Waals surface area contributed by atoms with Crippen molar-refractivity contribution in [3.63, 3.8) is 0 Å². The van der Waals surface area contributed by atoms with Crippen LogP contribution in [0.2, 0.25) is 0 Å². The summed E-state index contributed by atoms with van der Waals surface area (Å²) in [4.78, 5) is 23.1. The van der Waals surface area contributed by atoms with Crippen molar-refractivity contribution in [1.82, 2.24) is 5.32 Å². The van der Waals surface area contributed by atoms with Gasteiger partial charge in [-0.1, -0.05) is 25.5 Å². The summed E-state index contributed by atoms with van der Waals surface area (Å²) < 4.78 is 30.7. The molecule has 3 aromatic rings. The number of thioether (sulfide) groups is 1. The summed E-state index contributed by atoms with van der Waals surface area (Å²) in [5.74, 6) is 2.17. The molecule has 6 nitrogen and oxygen atoms in total. The summed E-state index contributed by atoms with van der Waals surface area (Å²) in [6.07, 6.45) is 2.48. The van der Waals surface area contributed by atoms with Crippen LogP contribution in [0.1, 0.15) is 36.1 Å². The van der Waals surface area contributed by atoms with Gasteiger partial charge in [0.2, 0.25) is 5.91 Å². The second kappa shape index (κ2) is 11.8. The fourth-order valence-corrected chi connectivity index (χ4v) is 4.43. The lowest BCUT2D eigenvalue weighted by Gasteiger charge is -2.14. The van der Waals surface area contributed by atoms with Gasteiger partial charge in [-0.05, 0) is 83.9 Å². The van der Waals surface area contributed by atoms with Crippen LogP contribution in [0, 0.1) is 5.82 Å². The first kappa shape index (κ1) is 24.6. The van der Waals surface area contributed by atoms with Gasteiger partial charge in [-0.2, -0.15) is 0 Å². The molecule has 1 saturated heterocycles. The first-order chi connectivity index (χ1) is 17.0. The number of carbonyl (C=O) groups is 2. The van der Waals surface area contributed by atoms with Gasteiger partial charge >= 0.3 is 0 Å². The predicted octanol–water partition coefficient (Wildman–Crippen LogP) is 6.44. The van der Waals surface area contributed by atoms with E-state index in [1.165, 1.54) is 12.1 Å². The Hall–Kier alpha value is -3.52. The number of aryl methyl sites for hydroxylation is 1. The van der Waals surface area contributed by atoms with Gasteiger partial charge in [-0.25, -0.2) is 4.39 Å². The number of halogens is 1. The maximum Gasteiger partial charge on any atom is 0.286 e. The maximum absolute atomic E-state index is 13.1. The Morgan fingerprint density at radius 3 is 2.20 bits per heavy atom. The van der Waals surface area contributed by atoms with Gasteiger partial charge in [0.25, 0.3) is 5.24 Å². The van der Waals surface area contributed by atoms with Gasteiger partial charge in [0, 0.05) is 6.42 Å². The van der Waals surface area contributed by atoms with Crippen LogP contribution in [0.5, 0.6) is 23.0 Å². The smallest absolute Gasteiger partial charge is 0.286 e. The molecule has 4 rings (SSSR count). The van der Waals surface area contributed by atoms with E-state index in [0.717, 1.165) is 47.2 Å². The molecule has 1 unspecified atom stereocenters. The molecule has 182 valence electrons. The molecule has 0 saturated carbocycles. The Bertz CT molecular complexity index is 1170. The highest BCUT2D eigenvalue weighted by Crippen LogP contribution is 2.35. The highest BCUT2D eigenvalue weighted by Gasteiger charge is 2.32. The molecule has 3 aromatic carbocycles. The van der Waals surface area contributed by atoms with Crippen LogP contribution >= 0.6 is 11.8 Å². The second-order valence-electron chi connectivity index (χ2n) is 7.97. The number of amides is 2. The van der Waals surface area contributed by atoms with Crippen molar-refractivity contribution in [2.75, 3.05) is 13.2 Å². The summed E-state index contributed by atoms with van der Waals surface area (Å²) in [6, 6.07) is 18.9. The molecule has 0 bridgehead atoms.